The summed E-state index contributed by atoms with van der Waals surface area (Å²) < 4.78 is 0. The molecule has 2 heteroatoms. The van der Waals surface area contributed by atoms with E-state index in [2.05, 4.69) is 37.9 Å². The monoisotopic (exact) mass is 268 g/mol. The Morgan fingerprint density at radius 3 is 2.53 bits per heavy atom. The maximum Gasteiger partial charge on any atom is 0.0246 e. The normalized spacial score (nSPS) is 24.9. The lowest BCUT2D eigenvalue weighted by atomic mass is 9.98. The minimum atomic E-state index is 0.698. The number of nitrogens with one attached hydrogen (secondary N) is 1. The van der Waals surface area contributed by atoms with Crippen LogP contribution < -0.4 is 5.32 Å². The lowest BCUT2D eigenvalue weighted by Gasteiger charge is -2.36. The summed E-state index contributed by atoms with van der Waals surface area (Å²) in [5.41, 5.74) is 0. The van der Waals surface area contributed by atoms with Crippen molar-refractivity contribution in [3.63, 3.8) is 0 Å². The number of hydrogen-bond donors (Lipinski definition) is 1. The average Bonchev–Trinajstić information content (AvgIpc) is 2.62. The van der Waals surface area contributed by atoms with E-state index in [0.717, 1.165) is 12.0 Å². The van der Waals surface area contributed by atoms with Crippen LogP contribution in [0.1, 0.15) is 72.6 Å². The molecule has 3 atom stereocenters. The molecular weight excluding hydrogens is 232 g/mol. The summed E-state index contributed by atoms with van der Waals surface area (Å²) in [6, 6.07) is 1.44. The molecule has 0 radical (unpaired) electrons. The zero-order chi connectivity index (χ0) is 14.1. The molecule has 0 aromatic heterocycles. The minimum absolute atomic E-state index is 0.698. The number of nitrogens with zero attached hydrogens (tertiary/aromatic N) is 1. The van der Waals surface area contributed by atoms with E-state index in [0.29, 0.717) is 6.04 Å². The molecule has 1 aliphatic heterocycles. The van der Waals surface area contributed by atoms with Crippen molar-refractivity contribution in [2.24, 2.45) is 5.92 Å². The van der Waals surface area contributed by atoms with E-state index < -0.39 is 0 Å². The molecule has 114 valence electrons. The molecule has 0 aromatic carbocycles. The molecule has 1 N–H and O–H groups in total. The third-order valence-corrected chi connectivity index (χ3v) is 4.66. The Morgan fingerprint density at radius 1 is 1.11 bits per heavy atom. The quantitative estimate of drug-likeness (QED) is 0.714. The van der Waals surface area contributed by atoms with Gasteiger partial charge in [-0.05, 0) is 64.1 Å². The van der Waals surface area contributed by atoms with Crippen LogP contribution in [0.3, 0.4) is 0 Å². The van der Waals surface area contributed by atoms with Crippen molar-refractivity contribution in [3.05, 3.63) is 0 Å². The second kappa shape index (κ2) is 9.77. The maximum atomic E-state index is 3.81. The van der Waals surface area contributed by atoms with E-state index in [1.807, 2.05) is 0 Å². The van der Waals surface area contributed by atoms with Gasteiger partial charge in [-0.25, -0.2) is 0 Å². The van der Waals surface area contributed by atoms with Crippen molar-refractivity contribution >= 4 is 0 Å². The lowest BCUT2D eigenvalue weighted by Crippen LogP contribution is -2.50. The molecule has 0 spiro atoms. The first kappa shape index (κ1) is 17.0. The third kappa shape index (κ3) is 5.83. The van der Waals surface area contributed by atoms with Crippen LogP contribution in [-0.2, 0) is 0 Å². The smallest absolute Gasteiger partial charge is 0.0246 e. The van der Waals surface area contributed by atoms with Crippen LogP contribution in [0.15, 0.2) is 0 Å². The fourth-order valence-corrected chi connectivity index (χ4v) is 3.49. The van der Waals surface area contributed by atoms with E-state index in [1.54, 1.807) is 0 Å². The predicted molar refractivity (Wildman–Crippen MR) is 85.7 cm³/mol. The van der Waals surface area contributed by atoms with Crippen molar-refractivity contribution in [3.8, 4) is 0 Å². The van der Waals surface area contributed by atoms with E-state index in [-0.39, 0.29) is 0 Å². The highest BCUT2D eigenvalue weighted by Gasteiger charge is 2.26. The SMILES string of the molecule is CCCNC(CCC)C(CC)N1CCCC(C)CC1. The maximum absolute atomic E-state index is 3.81. The molecule has 0 bridgehead atoms. The summed E-state index contributed by atoms with van der Waals surface area (Å²) in [6.45, 7) is 13.2. The first-order valence-electron chi connectivity index (χ1n) is 8.70. The van der Waals surface area contributed by atoms with Crippen LogP contribution in [0.4, 0.5) is 0 Å². The third-order valence-electron chi connectivity index (χ3n) is 4.66. The summed E-state index contributed by atoms with van der Waals surface area (Å²) in [5, 5.41) is 3.81. The van der Waals surface area contributed by atoms with Crippen LogP contribution in [0, 0.1) is 5.92 Å². The van der Waals surface area contributed by atoms with Crippen LogP contribution in [0.5, 0.6) is 0 Å². The molecule has 1 heterocycles. The number of hydrogen-bond acceptors (Lipinski definition) is 2. The van der Waals surface area contributed by atoms with Gasteiger partial charge in [0, 0.05) is 12.1 Å². The van der Waals surface area contributed by atoms with Crippen LogP contribution in [0.2, 0.25) is 0 Å². The highest BCUT2D eigenvalue weighted by molar-refractivity contribution is 4.85. The zero-order valence-corrected chi connectivity index (χ0v) is 13.8. The second-order valence-electron chi connectivity index (χ2n) is 6.40. The van der Waals surface area contributed by atoms with Gasteiger partial charge < -0.3 is 5.32 Å². The second-order valence-corrected chi connectivity index (χ2v) is 6.40. The van der Waals surface area contributed by atoms with Crippen LogP contribution >= 0.6 is 0 Å². The molecule has 1 aliphatic rings. The van der Waals surface area contributed by atoms with Crippen molar-refractivity contribution in [1.82, 2.24) is 10.2 Å². The molecule has 1 fully saturated rings. The molecule has 19 heavy (non-hydrogen) atoms. The van der Waals surface area contributed by atoms with Gasteiger partial charge in [0.25, 0.3) is 0 Å². The van der Waals surface area contributed by atoms with Gasteiger partial charge in [-0.3, -0.25) is 4.90 Å². The highest BCUT2D eigenvalue weighted by atomic mass is 15.2. The van der Waals surface area contributed by atoms with Crippen LogP contribution in [-0.4, -0.2) is 36.6 Å². The predicted octanol–water partition coefficient (Wildman–Crippen LogP) is 4.06. The molecule has 3 unspecified atom stereocenters. The Hall–Kier alpha value is -0.0800. The van der Waals surface area contributed by atoms with Crippen molar-refractivity contribution < 1.29 is 0 Å². The molecule has 0 aliphatic carbocycles. The van der Waals surface area contributed by atoms with Gasteiger partial charge in [0.05, 0.1) is 0 Å². The molecule has 1 rings (SSSR count). The summed E-state index contributed by atoms with van der Waals surface area (Å²) in [4.78, 5) is 2.78. The van der Waals surface area contributed by atoms with Crippen molar-refractivity contribution in [2.75, 3.05) is 19.6 Å². The van der Waals surface area contributed by atoms with E-state index >= 15 is 0 Å². The van der Waals surface area contributed by atoms with Crippen LogP contribution in [0.25, 0.3) is 0 Å². The molecule has 0 saturated carbocycles. The molecule has 1 saturated heterocycles. The summed E-state index contributed by atoms with van der Waals surface area (Å²) >= 11 is 0. The zero-order valence-electron chi connectivity index (χ0n) is 13.8. The molecule has 2 nitrogen and oxygen atoms in total. The Bertz CT molecular complexity index is 213. The standard InChI is InChI=1S/C17H36N2/c1-5-9-16(18-12-6-2)17(7-3)19-13-8-10-15(4)11-14-19/h15-18H,5-14H2,1-4H3. The Kier molecular flexibility index (Phi) is 8.72. The summed E-state index contributed by atoms with van der Waals surface area (Å²) in [5.74, 6) is 0.927. The fourth-order valence-electron chi connectivity index (χ4n) is 3.49. The minimum Gasteiger partial charge on any atom is -0.312 e. The molecule has 0 aromatic rings. The van der Waals surface area contributed by atoms with Gasteiger partial charge in [0.15, 0.2) is 0 Å². The Morgan fingerprint density at radius 2 is 1.89 bits per heavy atom. The number of likely N-dealkylation sites (tertiary alicyclic amines) is 1. The van der Waals surface area contributed by atoms with E-state index in [9.17, 15) is 0 Å². The first-order chi connectivity index (χ1) is 9.22. The molecular formula is C17H36N2. The van der Waals surface area contributed by atoms with E-state index in [1.165, 1.54) is 64.6 Å². The van der Waals surface area contributed by atoms with Gasteiger partial charge in [-0.2, -0.15) is 0 Å². The summed E-state index contributed by atoms with van der Waals surface area (Å²) in [6.07, 6.45) is 9.36. The molecule has 0 amide bonds. The lowest BCUT2D eigenvalue weighted by molar-refractivity contribution is 0.149. The van der Waals surface area contributed by atoms with E-state index in [4.69, 9.17) is 0 Å². The summed E-state index contributed by atoms with van der Waals surface area (Å²) in [7, 11) is 0. The first-order valence-corrected chi connectivity index (χ1v) is 8.70. The highest BCUT2D eigenvalue weighted by Crippen LogP contribution is 2.22. The van der Waals surface area contributed by atoms with Gasteiger partial charge in [0.1, 0.15) is 0 Å². The van der Waals surface area contributed by atoms with Crippen molar-refractivity contribution in [1.29, 1.82) is 0 Å². The topological polar surface area (TPSA) is 15.3 Å². The van der Waals surface area contributed by atoms with Gasteiger partial charge >= 0.3 is 0 Å². The largest absolute Gasteiger partial charge is 0.312 e. The Balaban J connectivity index is 2.60. The van der Waals surface area contributed by atoms with Gasteiger partial charge in [-0.1, -0.05) is 34.1 Å². The number of rotatable bonds is 8. The van der Waals surface area contributed by atoms with Crippen molar-refractivity contribution in [2.45, 2.75) is 84.7 Å². The van der Waals surface area contributed by atoms with Gasteiger partial charge in [-0.15, -0.1) is 0 Å². The fraction of sp³-hybridized carbons (Fsp3) is 1.00. The Labute approximate surface area is 121 Å². The van der Waals surface area contributed by atoms with Gasteiger partial charge in [0.2, 0.25) is 0 Å². The average molecular weight is 268 g/mol.